The number of rotatable bonds is 0. The normalized spacial score (nSPS) is 23.2. The van der Waals surface area contributed by atoms with E-state index in [1.165, 1.54) is 0 Å². The molecule has 0 fully saturated rings. The lowest BCUT2D eigenvalue weighted by atomic mass is 10.3. The van der Waals surface area contributed by atoms with Crippen molar-refractivity contribution in [3.05, 3.63) is 17.7 Å². The number of halogens is 1. The summed E-state index contributed by atoms with van der Waals surface area (Å²) < 4.78 is 14.5. The minimum Gasteiger partial charge on any atom is -0.332 e. The fourth-order valence-corrected chi connectivity index (χ4v) is 1.39. The molecule has 10 heavy (non-hydrogen) atoms. The van der Waals surface area contributed by atoms with Gasteiger partial charge in [-0.05, 0) is 6.92 Å². The van der Waals surface area contributed by atoms with Crippen molar-refractivity contribution < 1.29 is 4.39 Å². The Hall–Kier alpha value is -0.860. The summed E-state index contributed by atoms with van der Waals surface area (Å²) >= 11 is 0. The highest BCUT2D eigenvalue weighted by Gasteiger charge is 2.21. The third-order valence-electron chi connectivity index (χ3n) is 1.78. The van der Waals surface area contributed by atoms with Crippen LogP contribution in [-0.2, 0) is 13.0 Å². The molecule has 0 aliphatic carbocycles. The molecule has 1 atom stereocenters. The molecule has 0 bridgehead atoms. The molecule has 1 aliphatic rings. The average molecular weight is 140 g/mol. The second kappa shape index (κ2) is 1.81. The zero-order chi connectivity index (χ0) is 7.14. The predicted molar refractivity (Wildman–Crippen MR) is 35.6 cm³/mol. The second-order valence-electron chi connectivity index (χ2n) is 2.75. The number of nitrogens with zero attached hydrogens (tertiary/aromatic N) is 2. The van der Waals surface area contributed by atoms with Crippen molar-refractivity contribution in [1.82, 2.24) is 9.55 Å². The summed E-state index contributed by atoms with van der Waals surface area (Å²) in [5.41, 5.74) is 0.988. The first kappa shape index (κ1) is 5.89. The van der Waals surface area contributed by atoms with E-state index >= 15 is 0 Å². The van der Waals surface area contributed by atoms with Crippen LogP contribution in [0.3, 0.4) is 0 Å². The Morgan fingerprint density at radius 2 is 2.60 bits per heavy atom. The van der Waals surface area contributed by atoms with Gasteiger partial charge in [0.15, 0.2) is 0 Å². The summed E-state index contributed by atoms with van der Waals surface area (Å²) in [6.07, 6.45) is 1.69. The number of hydrogen-bond donors (Lipinski definition) is 0. The van der Waals surface area contributed by atoms with Crippen molar-refractivity contribution in [3.8, 4) is 0 Å². The first-order valence-corrected chi connectivity index (χ1v) is 3.42. The highest BCUT2D eigenvalue weighted by atomic mass is 19.1. The predicted octanol–water partition coefficient (Wildman–Crippen LogP) is 1.09. The molecule has 0 radical (unpaired) electrons. The fraction of sp³-hybridized carbons (Fsp3) is 0.571. The number of fused-ring (bicyclic) bond motifs is 1. The van der Waals surface area contributed by atoms with Gasteiger partial charge in [-0.25, -0.2) is 9.37 Å². The van der Waals surface area contributed by atoms with Crippen LogP contribution in [0.4, 0.5) is 4.39 Å². The maximum absolute atomic E-state index is 12.6. The molecule has 0 spiro atoms. The zero-order valence-corrected chi connectivity index (χ0v) is 5.84. The molecule has 54 valence electrons. The van der Waals surface area contributed by atoms with E-state index in [1.807, 2.05) is 17.7 Å². The second-order valence-corrected chi connectivity index (χ2v) is 2.75. The van der Waals surface area contributed by atoms with Gasteiger partial charge in [0.05, 0.1) is 12.2 Å². The van der Waals surface area contributed by atoms with Crippen molar-refractivity contribution in [2.45, 2.75) is 26.1 Å². The lowest BCUT2D eigenvalue weighted by Gasteiger charge is -1.92. The van der Waals surface area contributed by atoms with Gasteiger partial charge in [-0.2, -0.15) is 0 Å². The van der Waals surface area contributed by atoms with Crippen molar-refractivity contribution in [1.29, 1.82) is 0 Å². The molecule has 1 unspecified atom stereocenters. The van der Waals surface area contributed by atoms with Crippen molar-refractivity contribution in [2.75, 3.05) is 0 Å². The van der Waals surface area contributed by atoms with Crippen LogP contribution in [0.25, 0.3) is 0 Å². The SMILES string of the molecule is Cc1cn2c(n1)CC(F)C2. The van der Waals surface area contributed by atoms with Gasteiger partial charge in [-0.1, -0.05) is 0 Å². The molecule has 2 nitrogen and oxygen atoms in total. The molecule has 1 aromatic heterocycles. The van der Waals surface area contributed by atoms with E-state index in [0.29, 0.717) is 13.0 Å². The van der Waals surface area contributed by atoms with Crippen molar-refractivity contribution in [3.63, 3.8) is 0 Å². The smallest absolute Gasteiger partial charge is 0.125 e. The van der Waals surface area contributed by atoms with E-state index in [1.54, 1.807) is 0 Å². The molecular weight excluding hydrogens is 131 g/mol. The number of hydrogen-bond acceptors (Lipinski definition) is 1. The maximum atomic E-state index is 12.6. The van der Waals surface area contributed by atoms with E-state index < -0.39 is 6.17 Å². The Bertz CT molecular complexity index is 231. The van der Waals surface area contributed by atoms with Crippen molar-refractivity contribution in [2.24, 2.45) is 0 Å². The van der Waals surface area contributed by atoms with Crippen LogP contribution in [0.1, 0.15) is 11.5 Å². The highest BCUT2D eigenvalue weighted by molar-refractivity contribution is 5.07. The van der Waals surface area contributed by atoms with Gasteiger partial charge in [0.25, 0.3) is 0 Å². The van der Waals surface area contributed by atoms with Gasteiger partial charge >= 0.3 is 0 Å². The summed E-state index contributed by atoms with van der Waals surface area (Å²) in [5, 5.41) is 0. The standard InChI is InChI=1S/C7H9FN2/c1-5-3-10-4-6(8)2-7(10)9-5/h3,6H,2,4H2,1H3. The maximum Gasteiger partial charge on any atom is 0.125 e. The van der Waals surface area contributed by atoms with Crippen LogP contribution in [0, 0.1) is 6.92 Å². The Labute approximate surface area is 58.7 Å². The molecule has 0 N–H and O–H groups in total. The largest absolute Gasteiger partial charge is 0.332 e. The van der Waals surface area contributed by atoms with Crippen LogP contribution < -0.4 is 0 Å². The summed E-state index contributed by atoms with van der Waals surface area (Å²) in [5.74, 6) is 0.894. The number of aryl methyl sites for hydroxylation is 1. The monoisotopic (exact) mass is 140 g/mol. The Morgan fingerprint density at radius 1 is 1.80 bits per heavy atom. The molecular formula is C7H9FN2. The van der Waals surface area contributed by atoms with Crippen LogP contribution >= 0.6 is 0 Å². The summed E-state index contributed by atoms with van der Waals surface area (Å²) in [6.45, 7) is 2.43. The average Bonchev–Trinajstić information content (AvgIpc) is 2.21. The van der Waals surface area contributed by atoms with Gasteiger partial charge in [0.1, 0.15) is 12.0 Å². The Kier molecular flexibility index (Phi) is 1.07. The van der Waals surface area contributed by atoms with Crippen LogP contribution in [0.15, 0.2) is 6.20 Å². The van der Waals surface area contributed by atoms with Gasteiger partial charge < -0.3 is 4.57 Å². The third kappa shape index (κ3) is 0.735. The van der Waals surface area contributed by atoms with Gasteiger partial charge in [-0.15, -0.1) is 0 Å². The topological polar surface area (TPSA) is 17.8 Å². The molecule has 3 heteroatoms. The first-order valence-electron chi connectivity index (χ1n) is 3.42. The van der Waals surface area contributed by atoms with Crippen LogP contribution in [0.2, 0.25) is 0 Å². The quantitative estimate of drug-likeness (QED) is 0.527. The number of aromatic nitrogens is 2. The van der Waals surface area contributed by atoms with E-state index in [0.717, 1.165) is 11.5 Å². The summed E-state index contributed by atoms with van der Waals surface area (Å²) in [4.78, 5) is 4.16. The molecule has 1 aliphatic heterocycles. The first-order chi connectivity index (χ1) is 4.75. The zero-order valence-electron chi connectivity index (χ0n) is 5.84. The summed E-state index contributed by atoms with van der Waals surface area (Å²) in [6, 6.07) is 0. The van der Waals surface area contributed by atoms with Gasteiger partial charge in [0.2, 0.25) is 0 Å². The van der Waals surface area contributed by atoms with E-state index in [2.05, 4.69) is 4.98 Å². The van der Waals surface area contributed by atoms with E-state index in [4.69, 9.17) is 0 Å². The lowest BCUT2D eigenvalue weighted by Crippen LogP contribution is -2.00. The third-order valence-corrected chi connectivity index (χ3v) is 1.78. The fourth-order valence-electron chi connectivity index (χ4n) is 1.39. The van der Waals surface area contributed by atoms with E-state index in [-0.39, 0.29) is 0 Å². The lowest BCUT2D eigenvalue weighted by molar-refractivity contribution is 0.328. The number of imidazole rings is 1. The van der Waals surface area contributed by atoms with Crippen LogP contribution in [-0.4, -0.2) is 15.7 Å². The van der Waals surface area contributed by atoms with Gasteiger partial charge in [0, 0.05) is 12.6 Å². The minimum absolute atomic E-state index is 0.494. The molecule has 0 amide bonds. The van der Waals surface area contributed by atoms with Crippen LogP contribution in [0.5, 0.6) is 0 Å². The van der Waals surface area contributed by atoms with E-state index in [9.17, 15) is 4.39 Å². The molecule has 0 saturated carbocycles. The molecule has 0 saturated heterocycles. The van der Waals surface area contributed by atoms with Gasteiger partial charge in [-0.3, -0.25) is 0 Å². The Balaban J connectivity index is 2.39. The van der Waals surface area contributed by atoms with Crippen molar-refractivity contribution >= 4 is 0 Å². The molecule has 2 rings (SSSR count). The minimum atomic E-state index is -0.705. The summed E-state index contributed by atoms with van der Waals surface area (Å²) in [7, 11) is 0. The molecule has 0 aromatic carbocycles. The number of alkyl halides is 1. The molecule has 1 aromatic rings. The highest BCUT2D eigenvalue weighted by Crippen LogP contribution is 2.16. The molecule has 2 heterocycles. The Morgan fingerprint density at radius 3 is 3.30 bits per heavy atom.